The normalized spacial score (nSPS) is 22.3. The van der Waals surface area contributed by atoms with E-state index in [-0.39, 0.29) is 0 Å². The van der Waals surface area contributed by atoms with E-state index in [9.17, 15) is 0 Å². The van der Waals surface area contributed by atoms with E-state index < -0.39 is 0 Å². The zero-order valence-electron chi connectivity index (χ0n) is 21.7. The maximum atomic E-state index is 5.17. The third-order valence-electron chi connectivity index (χ3n) is 8.45. The predicted octanol–water partition coefficient (Wildman–Crippen LogP) is 5.59. The summed E-state index contributed by atoms with van der Waals surface area (Å²) < 4.78 is 2.37. The van der Waals surface area contributed by atoms with Gasteiger partial charge in [0.25, 0.3) is 0 Å². The zero-order chi connectivity index (χ0) is 24.6. The monoisotopic (exact) mass is 482 g/mol. The van der Waals surface area contributed by atoms with Crippen LogP contribution in [-0.2, 0) is 13.0 Å². The molecule has 0 amide bonds. The number of pyridine rings is 2. The Bertz CT molecular complexity index is 1300. The molecule has 3 aromatic heterocycles. The smallest absolute Gasteiger partial charge is 0.140 e. The first kappa shape index (κ1) is 23.4. The molecule has 3 fully saturated rings. The second-order valence-electron chi connectivity index (χ2n) is 10.9. The van der Waals surface area contributed by atoms with E-state index in [0.29, 0.717) is 6.04 Å². The summed E-state index contributed by atoms with van der Waals surface area (Å²) in [4.78, 5) is 17.1. The Labute approximate surface area is 214 Å². The van der Waals surface area contributed by atoms with Crippen molar-refractivity contribution in [1.82, 2.24) is 24.8 Å². The number of piperidine rings is 1. The first-order chi connectivity index (χ1) is 17.6. The topological polar surface area (TPSA) is 58.3 Å². The quantitative estimate of drug-likeness (QED) is 0.425. The summed E-state index contributed by atoms with van der Waals surface area (Å²) in [6, 6.07) is 9.20. The van der Waals surface area contributed by atoms with E-state index in [0.717, 1.165) is 84.1 Å². The molecule has 0 bridgehead atoms. The van der Waals surface area contributed by atoms with Gasteiger partial charge in [-0.1, -0.05) is 26.3 Å². The number of aliphatic imine (C=N–C) groups is 1. The molecule has 5 heterocycles. The number of fused-ring (bicyclic) bond motifs is 2. The van der Waals surface area contributed by atoms with Crippen molar-refractivity contribution in [2.75, 3.05) is 19.6 Å². The fraction of sp³-hybridized carbons (Fsp3) is 0.500. The lowest BCUT2D eigenvalue weighted by Crippen LogP contribution is -2.45. The van der Waals surface area contributed by atoms with Gasteiger partial charge in [0.2, 0.25) is 0 Å². The van der Waals surface area contributed by atoms with Crippen molar-refractivity contribution >= 4 is 28.1 Å². The SMILES string of the molecule is C=C(c1cnc(CC)c(/N=C(\C)c2cc3cccnc3n2CCC2CC2)c1)N1CCC2CCNC2C1. The van der Waals surface area contributed by atoms with Crippen LogP contribution in [0.2, 0.25) is 0 Å². The number of aryl methyl sites for hydroxylation is 2. The average Bonchev–Trinajstić information content (AvgIpc) is 3.48. The highest BCUT2D eigenvalue weighted by Crippen LogP contribution is 2.34. The second kappa shape index (κ2) is 9.81. The molecule has 0 spiro atoms. The number of hydrogen-bond donors (Lipinski definition) is 1. The molecule has 6 heteroatoms. The fourth-order valence-corrected chi connectivity index (χ4v) is 6.04. The van der Waals surface area contributed by atoms with Crippen LogP contribution in [0.4, 0.5) is 5.69 Å². The van der Waals surface area contributed by atoms with E-state index in [1.165, 1.54) is 37.5 Å². The van der Waals surface area contributed by atoms with Gasteiger partial charge in [-0.05, 0) is 75.3 Å². The lowest BCUT2D eigenvalue weighted by Gasteiger charge is -2.37. The third-order valence-corrected chi connectivity index (χ3v) is 8.45. The van der Waals surface area contributed by atoms with Gasteiger partial charge < -0.3 is 14.8 Å². The standard InChI is InChI=1S/C30H38N6/c1-4-26-27(16-25(18-33-26)21(3)35-14-11-23-9-13-31-28(23)19-35)34-20(2)29-17-24-6-5-12-32-30(24)36(29)15-10-22-7-8-22/h5-6,12,16-18,22-23,28,31H,3-4,7-11,13-15,19H2,1-2H3/b34-20+. The number of likely N-dealkylation sites (tertiary alicyclic amines) is 1. The average molecular weight is 483 g/mol. The Kier molecular flexibility index (Phi) is 6.38. The van der Waals surface area contributed by atoms with Gasteiger partial charge in [0, 0.05) is 54.7 Å². The minimum absolute atomic E-state index is 0.587. The van der Waals surface area contributed by atoms with Crippen molar-refractivity contribution < 1.29 is 0 Å². The van der Waals surface area contributed by atoms with Gasteiger partial charge >= 0.3 is 0 Å². The summed E-state index contributed by atoms with van der Waals surface area (Å²) in [5.74, 6) is 1.69. The Morgan fingerprint density at radius 1 is 1.19 bits per heavy atom. The Morgan fingerprint density at radius 3 is 2.92 bits per heavy atom. The number of nitrogens with zero attached hydrogens (tertiary/aromatic N) is 5. The number of hydrogen-bond acceptors (Lipinski definition) is 5. The highest BCUT2D eigenvalue weighted by Gasteiger charge is 2.33. The zero-order valence-corrected chi connectivity index (χ0v) is 21.7. The summed E-state index contributed by atoms with van der Waals surface area (Å²) in [5.41, 5.74) is 7.35. The molecule has 3 aromatic rings. The Morgan fingerprint density at radius 2 is 2.08 bits per heavy atom. The van der Waals surface area contributed by atoms with E-state index >= 15 is 0 Å². The molecule has 2 unspecified atom stereocenters. The molecule has 1 N–H and O–H groups in total. The molecular formula is C30H38N6. The van der Waals surface area contributed by atoms with E-state index in [1.807, 2.05) is 18.5 Å². The highest BCUT2D eigenvalue weighted by molar-refractivity contribution is 6.02. The third kappa shape index (κ3) is 4.59. The van der Waals surface area contributed by atoms with Crippen LogP contribution < -0.4 is 5.32 Å². The van der Waals surface area contributed by atoms with Crippen LogP contribution in [0.25, 0.3) is 16.7 Å². The first-order valence-corrected chi connectivity index (χ1v) is 13.8. The lowest BCUT2D eigenvalue weighted by molar-refractivity contribution is 0.231. The van der Waals surface area contributed by atoms with Gasteiger partial charge in [0.05, 0.1) is 22.8 Å². The second-order valence-corrected chi connectivity index (χ2v) is 10.9. The minimum atomic E-state index is 0.587. The van der Waals surface area contributed by atoms with Gasteiger partial charge in [-0.25, -0.2) is 9.98 Å². The van der Waals surface area contributed by atoms with Gasteiger partial charge in [0.1, 0.15) is 5.65 Å². The Hall–Kier alpha value is -2.99. The molecule has 6 rings (SSSR count). The minimum Gasteiger partial charge on any atom is -0.370 e. The van der Waals surface area contributed by atoms with E-state index in [4.69, 9.17) is 15.0 Å². The van der Waals surface area contributed by atoms with E-state index in [1.54, 1.807) is 0 Å². The van der Waals surface area contributed by atoms with Crippen LogP contribution in [-0.4, -0.2) is 50.8 Å². The molecule has 0 radical (unpaired) electrons. The maximum Gasteiger partial charge on any atom is 0.140 e. The summed E-state index contributed by atoms with van der Waals surface area (Å²) in [6.45, 7) is 13.0. The molecule has 1 saturated carbocycles. The van der Waals surface area contributed by atoms with E-state index in [2.05, 4.69) is 53.4 Å². The molecule has 3 aliphatic rings. The maximum absolute atomic E-state index is 5.17. The van der Waals surface area contributed by atoms with Crippen molar-refractivity contribution in [2.45, 2.75) is 65.0 Å². The van der Waals surface area contributed by atoms with Crippen LogP contribution >= 0.6 is 0 Å². The molecule has 36 heavy (non-hydrogen) atoms. The molecule has 2 aliphatic heterocycles. The predicted molar refractivity (Wildman–Crippen MR) is 148 cm³/mol. The summed E-state index contributed by atoms with van der Waals surface area (Å²) in [6.07, 6.45) is 11.2. The van der Waals surface area contributed by atoms with Gasteiger partial charge in [-0.15, -0.1) is 0 Å². The largest absolute Gasteiger partial charge is 0.370 e. The van der Waals surface area contributed by atoms with Crippen LogP contribution in [0.5, 0.6) is 0 Å². The number of aromatic nitrogens is 3. The Balaban J connectivity index is 1.30. The molecule has 188 valence electrons. The van der Waals surface area contributed by atoms with Crippen molar-refractivity contribution in [3.05, 3.63) is 60.2 Å². The van der Waals surface area contributed by atoms with Gasteiger partial charge in [0.15, 0.2) is 0 Å². The van der Waals surface area contributed by atoms with Crippen molar-refractivity contribution in [2.24, 2.45) is 16.8 Å². The van der Waals surface area contributed by atoms with Crippen molar-refractivity contribution in [3.8, 4) is 0 Å². The van der Waals surface area contributed by atoms with Crippen LogP contribution in [0, 0.1) is 11.8 Å². The van der Waals surface area contributed by atoms with Gasteiger partial charge in [-0.3, -0.25) is 4.98 Å². The van der Waals surface area contributed by atoms with Gasteiger partial charge in [-0.2, -0.15) is 0 Å². The van der Waals surface area contributed by atoms with Crippen LogP contribution in [0.1, 0.15) is 62.9 Å². The summed E-state index contributed by atoms with van der Waals surface area (Å²) >= 11 is 0. The lowest BCUT2D eigenvalue weighted by atomic mass is 9.92. The molecule has 1 aliphatic carbocycles. The molecule has 6 nitrogen and oxygen atoms in total. The molecule has 2 saturated heterocycles. The first-order valence-electron chi connectivity index (χ1n) is 13.8. The molecule has 2 atom stereocenters. The van der Waals surface area contributed by atoms with Crippen molar-refractivity contribution in [1.29, 1.82) is 0 Å². The molecular weight excluding hydrogens is 444 g/mol. The van der Waals surface area contributed by atoms with Crippen LogP contribution in [0.3, 0.4) is 0 Å². The molecule has 0 aromatic carbocycles. The number of rotatable bonds is 8. The summed E-state index contributed by atoms with van der Waals surface area (Å²) in [7, 11) is 0. The summed E-state index contributed by atoms with van der Waals surface area (Å²) in [5, 5.41) is 4.86. The van der Waals surface area contributed by atoms with Crippen molar-refractivity contribution in [3.63, 3.8) is 0 Å². The van der Waals surface area contributed by atoms with Crippen LogP contribution in [0.15, 0.2) is 48.2 Å². The highest BCUT2D eigenvalue weighted by atomic mass is 15.2. The number of nitrogens with one attached hydrogen (secondary N) is 1. The fourth-order valence-electron chi connectivity index (χ4n) is 6.04.